The van der Waals surface area contributed by atoms with Gasteiger partial charge in [0.15, 0.2) is 0 Å². The standard InChI is InChI=1S/C13H15ClN2O4/c1-13(12(18)19)6-20-5-10(13)16-9-3-2-7(14)4-8(9)11(15)17/h2-4,10,16H,5-6H2,1H3,(H2,15,17)(H,18,19). The lowest BCUT2D eigenvalue weighted by molar-refractivity contribution is -0.148. The van der Waals surface area contributed by atoms with Gasteiger partial charge in [0, 0.05) is 10.7 Å². The van der Waals surface area contributed by atoms with Gasteiger partial charge in [0.2, 0.25) is 0 Å². The van der Waals surface area contributed by atoms with Crippen LogP contribution in [0.1, 0.15) is 17.3 Å². The molecule has 1 saturated heterocycles. The van der Waals surface area contributed by atoms with E-state index in [0.29, 0.717) is 10.7 Å². The molecule has 4 N–H and O–H groups in total. The van der Waals surface area contributed by atoms with E-state index in [9.17, 15) is 14.7 Å². The van der Waals surface area contributed by atoms with E-state index >= 15 is 0 Å². The number of halogens is 1. The number of carbonyl (C=O) groups excluding carboxylic acids is 1. The molecule has 2 atom stereocenters. The van der Waals surface area contributed by atoms with E-state index in [1.54, 1.807) is 19.1 Å². The fourth-order valence-electron chi connectivity index (χ4n) is 2.12. The van der Waals surface area contributed by atoms with Crippen LogP contribution in [0.4, 0.5) is 5.69 Å². The molecule has 2 unspecified atom stereocenters. The number of nitrogens with one attached hydrogen (secondary N) is 1. The maximum Gasteiger partial charge on any atom is 0.313 e. The second kappa shape index (κ2) is 5.30. The topological polar surface area (TPSA) is 102 Å². The van der Waals surface area contributed by atoms with Gasteiger partial charge in [0.05, 0.1) is 24.8 Å². The summed E-state index contributed by atoms with van der Waals surface area (Å²) < 4.78 is 5.24. The Morgan fingerprint density at radius 2 is 2.25 bits per heavy atom. The van der Waals surface area contributed by atoms with Crippen LogP contribution in [0.25, 0.3) is 0 Å². The van der Waals surface area contributed by atoms with Gasteiger partial charge in [0.1, 0.15) is 5.41 Å². The van der Waals surface area contributed by atoms with Gasteiger partial charge in [-0.1, -0.05) is 11.6 Å². The average Bonchev–Trinajstić information content (AvgIpc) is 2.74. The molecular weight excluding hydrogens is 284 g/mol. The number of aliphatic carboxylic acids is 1. The molecule has 1 heterocycles. The zero-order valence-corrected chi connectivity index (χ0v) is 11.6. The maximum absolute atomic E-state index is 11.4. The van der Waals surface area contributed by atoms with Gasteiger partial charge in [-0.2, -0.15) is 0 Å². The number of amides is 1. The lowest BCUT2D eigenvalue weighted by Crippen LogP contribution is -2.43. The van der Waals surface area contributed by atoms with Gasteiger partial charge in [-0.25, -0.2) is 0 Å². The normalized spacial score (nSPS) is 25.4. The molecule has 1 aliphatic rings. The third-order valence-corrected chi connectivity index (χ3v) is 3.76. The van der Waals surface area contributed by atoms with Crippen LogP contribution in [0.2, 0.25) is 5.02 Å². The summed E-state index contributed by atoms with van der Waals surface area (Å²) in [6, 6.07) is 4.19. The molecule has 1 aliphatic heterocycles. The zero-order valence-electron chi connectivity index (χ0n) is 10.9. The molecule has 0 radical (unpaired) electrons. The first-order valence-electron chi connectivity index (χ1n) is 6.01. The molecule has 108 valence electrons. The molecule has 1 amide bonds. The molecule has 0 aromatic heterocycles. The van der Waals surface area contributed by atoms with Crippen LogP contribution in [0.5, 0.6) is 0 Å². The number of carbonyl (C=O) groups is 2. The predicted molar refractivity (Wildman–Crippen MR) is 73.9 cm³/mol. The van der Waals surface area contributed by atoms with Crippen molar-refractivity contribution >= 4 is 29.2 Å². The summed E-state index contributed by atoms with van der Waals surface area (Å²) in [6.07, 6.45) is 0. The number of rotatable bonds is 4. The zero-order chi connectivity index (χ0) is 14.9. The molecule has 0 saturated carbocycles. The van der Waals surface area contributed by atoms with Gasteiger partial charge in [-0.3, -0.25) is 9.59 Å². The van der Waals surface area contributed by atoms with Crippen LogP contribution < -0.4 is 11.1 Å². The lowest BCUT2D eigenvalue weighted by Gasteiger charge is -2.27. The molecule has 7 heteroatoms. The van der Waals surface area contributed by atoms with E-state index in [2.05, 4.69) is 5.32 Å². The second-order valence-electron chi connectivity index (χ2n) is 4.99. The fraction of sp³-hybridized carbons (Fsp3) is 0.385. The molecule has 1 fully saturated rings. The molecule has 0 bridgehead atoms. The van der Waals surface area contributed by atoms with Crippen LogP contribution in [-0.2, 0) is 9.53 Å². The number of nitrogens with two attached hydrogens (primary N) is 1. The van der Waals surface area contributed by atoms with Gasteiger partial charge >= 0.3 is 5.97 Å². The Bertz CT molecular complexity index is 563. The third kappa shape index (κ3) is 2.57. The number of primary amides is 1. The summed E-state index contributed by atoms with van der Waals surface area (Å²) in [5.41, 5.74) is 4.91. The van der Waals surface area contributed by atoms with Gasteiger partial charge in [0.25, 0.3) is 5.91 Å². The number of ether oxygens (including phenoxy) is 1. The summed E-state index contributed by atoms with van der Waals surface area (Å²) in [5, 5.41) is 12.7. The number of hydrogen-bond donors (Lipinski definition) is 3. The first-order valence-corrected chi connectivity index (χ1v) is 6.39. The first kappa shape index (κ1) is 14.6. The van der Waals surface area contributed by atoms with E-state index < -0.39 is 23.3 Å². The smallest absolute Gasteiger partial charge is 0.313 e. The molecule has 0 aliphatic carbocycles. The summed E-state index contributed by atoms with van der Waals surface area (Å²) in [4.78, 5) is 22.8. The Morgan fingerprint density at radius 1 is 1.55 bits per heavy atom. The van der Waals surface area contributed by atoms with E-state index in [0.717, 1.165) is 0 Å². The van der Waals surface area contributed by atoms with Crippen molar-refractivity contribution in [2.45, 2.75) is 13.0 Å². The highest BCUT2D eigenvalue weighted by atomic mass is 35.5. The van der Waals surface area contributed by atoms with Crippen LogP contribution in [0, 0.1) is 5.41 Å². The average molecular weight is 299 g/mol. The van der Waals surface area contributed by atoms with Crippen molar-refractivity contribution in [3.8, 4) is 0 Å². The maximum atomic E-state index is 11.4. The largest absolute Gasteiger partial charge is 0.481 e. The molecule has 6 nitrogen and oxygen atoms in total. The van der Waals surface area contributed by atoms with E-state index in [4.69, 9.17) is 22.1 Å². The van der Waals surface area contributed by atoms with Crippen LogP contribution in [0.3, 0.4) is 0 Å². The number of benzene rings is 1. The molecule has 1 aromatic carbocycles. The van der Waals surface area contributed by atoms with Crippen molar-refractivity contribution in [2.24, 2.45) is 11.1 Å². The minimum atomic E-state index is -1.06. The van der Waals surface area contributed by atoms with Gasteiger partial charge in [-0.15, -0.1) is 0 Å². The Labute approximate surface area is 120 Å². The minimum absolute atomic E-state index is 0.111. The van der Waals surface area contributed by atoms with E-state index in [1.807, 2.05) is 0 Å². The molecule has 1 aromatic rings. The summed E-state index contributed by atoms with van der Waals surface area (Å²) >= 11 is 5.83. The molecule has 2 rings (SSSR count). The number of carboxylic acids is 1. The highest BCUT2D eigenvalue weighted by Crippen LogP contribution is 2.32. The highest BCUT2D eigenvalue weighted by molar-refractivity contribution is 6.31. The Hall–Kier alpha value is -1.79. The summed E-state index contributed by atoms with van der Waals surface area (Å²) in [5.74, 6) is -1.59. The first-order chi connectivity index (χ1) is 9.34. The van der Waals surface area contributed by atoms with E-state index in [1.165, 1.54) is 6.07 Å². The predicted octanol–water partition coefficient (Wildman–Crippen LogP) is 1.34. The molecular formula is C13H15ClN2O4. The van der Waals surface area contributed by atoms with Crippen molar-refractivity contribution in [3.05, 3.63) is 28.8 Å². The second-order valence-corrected chi connectivity index (χ2v) is 5.43. The Balaban J connectivity index is 2.31. The van der Waals surface area contributed by atoms with E-state index in [-0.39, 0.29) is 18.8 Å². The van der Waals surface area contributed by atoms with Crippen LogP contribution in [0.15, 0.2) is 18.2 Å². The van der Waals surface area contributed by atoms with Crippen molar-refractivity contribution in [2.75, 3.05) is 18.5 Å². The SMILES string of the molecule is CC1(C(=O)O)COCC1Nc1ccc(Cl)cc1C(N)=O. The molecule has 20 heavy (non-hydrogen) atoms. The Morgan fingerprint density at radius 3 is 2.85 bits per heavy atom. The highest BCUT2D eigenvalue weighted by Gasteiger charge is 2.46. The number of hydrogen-bond acceptors (Lipinski definition) is 4. The molecule has 0 spiro atoms. The quantitative estimate of drug-likeness (QED) is 0.778. The van der Waals surface area contributed by atoms with Crippen molar-refractivity contribution < 1.29 is 19.4 Å². The minimum Gasteiger partial charge on any atom is -0.481 e. The lowest BCUT2D eigenvalue weighted by atomic mass is 9.85. The fourth-order valence-corrected chi connectivity index (χ4v) is 2.29. The number of carboxylic acid groups (broad SMARTS) is 1. The van der Waals surface area contributed by atoms with Crippen molar-refractivity contribution in [1.29, 1.82) is 0 Å². The summed E-state index contributed by atoms with van der Waals surface area (Å²) in [7, 11) is 0. The monoisotopic (exact) mass is 298 g/mol. The van der Waals surface area contributed by atoms with Crippen molar-refractivity contribution in [1.82, 2.24) is 0 Å². The van der Waals surface area contributed by atoms with Crippen molar-refractivity contribution in [3.63, 3.8) is 0 Å². The Kier molecular flexibility index (Phi) is 3.87. The number of anilines is 1. The van der Waals surface area contributed by atoms with Crippen LogP contribution in [-0.4, -0.2) is 36.2 Å². The van der Waals surface area contributed by atoms with Crippen LogP contribution >= 0.6 is 11.6 Å². The van der Waals surface area contributed by atoms with Gasteiger partial charge in [-0.05, 0) is 25.1 Å². The third-order valence-electron chi connectivity index (χ3n) is 3.52. The summed E-state index contributed by atoms with van der Waals surface area (Å²) in [6.45, 7) is 1.95. The van der Waals surface area contributed by atoms with Gasteiger partial charge < -0.3 is 20.9 Å².